The lowest BCUT2D eigenvalue weighted by molar-refractivity contribution is 0.367. The lowest BCUT2D eigenvalue weighted by atomic mass is 9.92. The molecule has 1 aromatic rings. The fraction of sp³-hybridized carbons (Fsp3) is 0.538. The van der Waals surface area contributed by atoms with Crippen molar-refractivity contribution in [3.8, 4) is 0 Å². The lowest BCUT2D eigenvalue weighted by Crippen LogP contribution is -2.47. The number of nitrogens with two attached hydrogens (primary N) is 1. The Hall–Kier alpha value is -0.540. The number of halogens is 1. The molecule has 88 valence electrons. The monoisotopic (exact) mass is 282 g/mol. The third kappa shape index (κ3) is 2.58. The van der Waals surface area contributed by atoms with Crippen LogP contribution in [0.4, 0.5) is 5.69 Å². The van der Waals surface area contributed by atoms with Crippen LogP contribution < -0.4 is 10.6 Å². The van der Waals surface area contributed by atoms with Gasteiger partial charge in [0.25, 0.3) is 0 Å². The fourth-order valence-electron chi connectivity index (χ4n) is 2.45. The van der Waals surface area contributed by atoms with E-state index in [4.69, 9.17) is 5.73 Å². The molecule has 2 N–H and O–H groups in total. The molecule has 0 saturated carbocycles. The first-order chi connectivity index (χ1) is 7.70. The van der Waals surface area contributed by atoms with Crippen LogP contribution in [0.15, 0.2) is 28.7 Å². The molecule has 1 aliphatic heterocycles. The first kappa shape index (κ1) is 11.9. The average molecular weight is 283 g/mol. The zero-order chi connectivity index (χ0) is 11.5. The Balaban J connectivity index is 2.17. The zero-order valence-electron chi connectivity index (χ0n) is 9.70. The van der Waals surface area contributed by atoms with E-state index in [1.165, 1.54) is 16.6 Å². The first-order valence-corrected chi connectivity index (χ1v) is 6.75. The molecule has 0 spiro atoms. The van der Waals surface area contributed by atoms with Crippen molar-refractivity contribution in [3.05, 3.63) is 28.7 Å². The first-order valence-electron chi connectivity index (χ1n) is 5.95. The molecule has 2 rings (SSSR count). The third-order valence-electron chi connectivity index (χ3n) is 3.34. The van der Waals surface area contributed by atoms with Gasteiger partial charge in [0.15, 0.2) is 0 Å². The molecule has 0 radical (unpaired) electrons. The summed E-state index contributed by atoms with van der Waals surface area (Å²) in [5.41, 5.74) is 7.40. The van der Waals surface area contributed by atoms with Crippen molar-refractivity contribution in [2.24, 2.45) is 11.7 Å². The van der Waals surface area contributed by atoms with Gasteiger partial charge in [-0.25, -0.2) is 0 Å². The highest BCUT2D eigenvalue weighted by Gasteiger charge is 2.24. The maximum atomic E-state index is 6.12. The summed E-state index contributed by atoms with van der Waals surface area (Å²) in [6, 6.07) is 8.70. The Morgan fingerprint density at radius 3 is 2.81 bits per heavy atom. The van der Waals surface area contributed by atoms with Crippen molar-refractivity contribution in [1.29, 1.82) is 0 Å². The molecule has 0 aromatic heterocycles. The second-order valence-electron chi connectivity index (χ2n) is 4.63. The van der Waals surface area contributed by atoms with Crippen LogP contribution in [-0.4, -0.2) is 19.1 Å². The van der Waals surface area contributed by atoms with E-state index in [0.29, 0.717) is 6.04 Å². The van der Waals surface area contributed by atoms with Crippen LogP contribution in [0.1, 0.15) is 19.8 Å². The van der Waals surface area contributed by atoms with Crippen LogP contribution in [0.25, 0.3) is 0 Å². The van der Waals surface area contributed by atoms with Crippen molar-refractivity contribution >= 4 is 21.6 Å². The SMILES string of the molecule is CCC1CC(N)CN(c2ccccc2Br)C1. The Kier molecular flexibility index (Phi) is 3.87. The van der Waals surface area contributed by atoms with Gasteiger partial charge in [-0.2, -0.15) is 0 Å². The topological polar surface area (TPSA) is 29.3 Å². The van der Waals surface area contributed by atoms with Gasteiger partial charge in [0.2, 0.25) is 0 Å². The summed E-state index contributed by atoms with van der Waals surface area (Å²) < 4.78 is 1.17. The summed E-state index contributed by atoms with van der Waals surface area (Å²) in [7, 11) is 0. The molecule has 0 aliphatic carbocycles. The highest BCUT2D eigenvalue weighted by Crippen LogP contribution is 2.30. The van der Waals surface area contributed by atoms with Crippen LogP contribution in [0, 0.1) is 5.92 Å². The molecule has 1 aliphatic rings. The average Bonchev–Trinajstić information content (AvgIpc) is 2.28. The van der Waals surface area contributed by atoms with Crippen LogP contribution in [-0.2, 0) is 0 Å². The van der Waals surface area contributed by atoms with Gasteiger partial charge in [0, 0.05) is 23.6 Å². The van der Waals surface area contributed by atoms with Crippen LogP contribution in [0.2, 0.25) is 0 Å². The number of nitrogens with zero attached hydrogens (tertiary/aromatic N) is 1. The zero-order valence-corrected chi connectivity index (χ0v) is 11.3. The number of para-hydroxylation sites is 1. The summed E-state index contributed by atoms with van der Waals surface area (Å²) >= 11 is 3.61. The number of hydrogen-bond donors (Lipinski definition) is 1. The number of anilines is 1. The van der Waals surface area contributed by atoms with E-state index in [9.17, 15) is 0 Å². The van der Waals surface area contributed by atoms with Crippen molar-refractivity contribution in [2.45, 2.75) is 25.8 Å². The Labute approximate surface area is 106 Å². The Bertz CT molecular complexity index is 354. The molecule has 2 atom stereocenters. The molecule has 1 aromatic carbocycles. The summed E-state index contributed by atoms with van der Waals surface area (Å²) in [4.78, 5) is 2.41. The third-order valence-corrected chi connectivity index (χ3v) is 4.01. The maximum Gasteiger partial charge on any atom is 0.0511 e. The van der Waals surface area contributed by atoms with Gasteiger partial charge in [-0.15, -0.1) is 0 Å². The summed E-state index contributed by atoms with van der Waals surface area (Å²) in [6.45, 7) is 4.35. The summed E-state index contributed by atoms with van der Waals surface area (Å²) in [5, 5.41) is 0. The highest BCUT2D eigenvalue weighted by atomic mass is 79.9. The number of rotatable bonds is 2. The Morgan fingerprint density at radius 2 is 2.12 bits per heavy atom. The summed E-state index contributed by atoms with van der Waals surface area (Å²) in [5.74, 6) is 0.732. The van der Waals surface area contributed by atoms with Crippen LogP contribution >= 0.6 is 15.9 Å². The second-order valence-corrected chi connectivity index (χ2v) is 5.48. The van der Waals surface area contributed by atoms with E-state index >= 15 is 0 Å². The molecule has 1 heterocycles. The van der Waals surface area contributed by atoms with Gasteiger partial charge in [-0.3, -0.25) is 0 Å². The normalized spacial score (nSPS) is 25.8. The molecule has 0 bridgehead atoms. The van der Waals surface area contributed by atoms with Gasteiger partial charge in [0.05, 0.1) is 5.69 Å². The molecule has 16 heavy (non-hydrogen) atoms. The molecule has 3 heteroatoms. The smallest absolute Gasteiger partial charge is 0.0511 e. The van der Waals surface area contributed by atoms with E-state index in [1.807, 2.05) is 0 Å². The lowest BCUT2D eigenvalue weighted by Gasteiger charge is -2.38. The number of benzene rings is 1. The number of hydrogen-bond acceptors (Lipinski definition) is 2. The van der Waals surface area contributed by atoms with Crippen molar-refractivity contribution in [3.63, 3.8) is 0 Å². The summed E-state index contributed by atoms with van der Waals surface area (Å²) in [6.07, 6.45) is 2.38. The van der Waals surface area contributed by atoms with Gasteiger partial charge in [-0.1, -0.05) is 25.5 Å². The molecule has 1 fully saturated rings. The quantitative estimate of drug-likeness (QED) is 0.904. The minimum Gasteiger partial charge on any atom is -0.369 e. The van der Waals surface area contributed by atoms with Crippen LogP contribution in [0.5, 0.6) is 0 Å². The van der Waals surface area contributed by atoms with Gasteiger partial charge >= 0.3 is 0 Å². The predicted octanol–water partition coefficient (Wildman–Crippen LogP) is 3.01. The molecule has 2 nitrogen and oxygen atoms in total. The minimum atomic E-state index is 0.311. The second kappa shape index (κ2) is 5.19. The molecule has 1 saturated heterocycles. The van der Waals surface area contributed by atoms with E-state index in [1.54, 1.807) is 0 Å². The maximum absolute atomic E-state index is 6.12. The highest BCUT2D eigenvalue weighted by molar-refractivity contribution is 9.10. The minimum absolute atomic E-state index is 0.311. The largest absolute Gasteiger partial charge is 0.369 e. The van der Waals surface area contributed by atoms with Crippen molar-refractivity contribution in [2.75, 3.05) is 18.0 Å². The van der Waals surface area contributed by atoms with Gasteiger partial charge in [-0.05, 0) is 40.4 Å². The molecular weight excluding hydrogens is 264 g/mol. The molecule has 2 unspecified atom stereocenters. The fourth-order valence-corrected chi connectivity index (χ4v) is 2.98. The van der Waals surface area contributed by atoms with E-state index in [0.717, 1.165) is 25.4 Å². The number of piperidine rings is 1. The molecule has 0 amide bonds. The van der Waals surface area contributed by atoms with Gasteiger partial charge in [0.1, 0.15) is 0 Å². The van der Waals surface area contributed by atoms with E-state index < -0.39 is 0 Å². The molecular formula is C13H19BrN2. The Morgan fingerprint density at radius 1 is 1.38 bits per heavy atom. The van der Waals surface area contributed by atoms with Crippen molar-refractivity contribution < 1.29 is 0 Å². The van der Waals surface area contributed by atoms with Crippen LogP contribution in [0.3, 0.4) is 0 Å². The predicted molar refractivity (Wildman–Crippen MR) is 72.7 cm³/mol. The van der Waals surface area contributed by atoms with E-state index in [-0.39, 0.29) is 0 Å². The van der Waals surface area contributed by atoms with Gasteiger partial charge < -0.3 is 10.6 Å². The standard InChI is InChI=1S/C13H19BrN2/c1-2-10-7-11(15)9-16(8-10)13-6-4-3-5-12(13)14/h3-6,10-11H,2,7-9,15H2,1H3. The van der Waals surface area contributed by atoms with E-state index in [2.05, 4.69) is 52.0 Å². The van der Waals surface area contributed by atoms with Crippen molar-refractivity contribution in [1.82, 2.24) is 0 Å².